The van der Waals surface area contributed by atoms with E-state index in [1.165, 1.54) is 0 Å². The summed E-state index contributed by atoms with van der Waals surface area (Å²) in [6.07, 6.45) is 4.42. The average Bonchev–Trinajstić information content (AvgIpc) is 3.00. The van der Waals surface area contributed by atoms with E-state index in [0.29, 0.717) is 12.1 Å². The van der Waals surface area contributed by atoms with Gasteiger partial charge in [-0.2, -0.15) is 4.98 Å². The fourth-order valence-electron chi connectivity index (χ4n) is 2.51. The van der Waals surface area contributed by atoms with Gasteiger partial charge in [-0.1, -0.05) is 0 Å². The van der Waals surface area contributed by atoms with Crippen LogP contribution in [-0.2, 0) is 4.74 Å². The van der Waals surface area contributed by atoms with Gasteiger partial charge in [0, 0.05) is 45.5 Å². The minimum atomic E-state index is 0.312. The number of hydrogen-bond donors (Lipinski definition) is 2. The van der Waals surface area contributed by atoms with Crippen molar-refractivity contribution in [2.24, 2.45) is 0 Å². The topological polar surface area (TPSA) is 62.3 Å². The number of ether oxygens (including phenoxy) is 1. The molecule has 3 heterocycles. The van der Waals surface area contributed by atoms with Crippen molar-refractivity contribution in [1.82, 2.24) is 15.3 Å². The van der Waals surface area contributed by atoms with Crippen molar-refractivity contribution < 1.29 is 4.74 Å². The number of hydrogen-bond acceptors (Lipinski definition) is 6. The van der Waals surface area contributed by atoms with E-state index in [1.807, 2.05) is 12.3 Å². The zero-order valence-corrected chi connectivity index (χ0v) is 11.1. The quantitative estimate of drug-likeness (QED) is 0.824. The molecule has 104 valence electrons. The molecule has 19 heavy (non-hydrogen) atoms. The van der Waals surface area contributed by atoms with Gasteiger partial charge in [-0.25, -0.2) is 4.98 Å². The van der Waals surface area contributed by atoms with Gasteiger partial charge in [0.2, 0.25) is 5.95 Å². The highest BCUT2D eigenvalue weighted by molar-refractivity contribution is 5.43. The summed E-state index contributed by atoms with van der Waals surface area (Å²) in [4.78, 5) is 11.1. The molecule has 3 rings (SSSR count). The van der Waals surface area contributed by atoms with Gasteiger partial charge in [0.15, 0.2) is 0 Å². The summed E-state index contributed by atoms with van der Waals surface area (Å²) in [6, 6.07) is 1.97. The second kappa shape index (κ2) is 6.16. The van der Waals surface area contributed by atoms with Crippen LogP contribution in [0.2, 0.25) is 0 Å². The third kappa shape index (κ3) is 3.33. The number of anilines is 2. The molecule has 0 aromatic carbocycles. The first-order valence-electron chi connectivity index (χ1n) is 7.06. The molecule has 0 radical (unpaired) electrons. The van der Waals surface area contributed by atoms with Crippen LogP contribution in [0.4, 0.5) is 11.8 Å². The van der Waals surface area contributed by atoms with Gasteiger partial charge in [0.05, 0.1) is 6.10 Å². The lowest BCUT2D eigenvalue weighted by Gasteiger charge is -2.28. The maximum atomic E-state index is 5.58. The van der Waals surface area contributed by atoms with Crippen molar-refractivity contribution in [1.29, 1.82) is 0 Å². The molecule has 2 N–H and O–H groups in total. The molecule has 0 saturated carbocycles. The third-order valence-corrected chi connectivity index (χ3v) is 3.59. The smallest absolute Gasteiger partial charge is 0.224 e. The molecule has 6 heteroatoms. The molecule has 2 aliphatic rings. The van der Waals surface area contributed by atoms with Crippen molar-refractivity contribution in [3.05, 3.63) is 12.3 Å². The SMILES string of the molecule is c1cc(N2CCNCC2)nc(NC[C@H]2CCCO2)n1. The normalized spacial score (nSPS) is 23.6. The van der Waals surface area contributed by atoms with Crippen molar-refractivity contribution in [2.75, 3.05) is 49.5 Å². The number of rotatable bonds is 4. The molecule has 0 aliphatic carbocycles. The molecule has 2 aliphatic heterocycles. The summed E-state index contributed by atoms with van der Waals surface area (Å²) in [5, 5.41) is 6.62. The van der Waals surface area contributed by atoms with Crippen molar-refractivity contribution >= 4 is 11.8 Å². The van der Waals surface area contributed by atoms with Crippen LogP contribution in [0.5, 0.6) is 0 Å². The Labute approximate surface area is 113 Å². The van der Waals surface area contributed by atoms with Gasteiger partial charge in [-0.3, -0.25) is 0 Å². The summed E-state index contributed by atoms with van der Waals surface area (Å²) in [5.41, 5.74) is 0. The monoisotopic (exact) mass is 263 g/mol. The standard InChI is InChI=1S/C13H21N5O/c1-2-11(19-9-1)10-16-13-15-4-3-12(17-13)18-7-5-14-6-8-18/h3-4,11,14H,1-2,5-10H2,(H,15,16,17)/t11-/m1/s1. The predicted octanol–water partition coefficient (Wildman–Crippen LogP) is 0.477. The predicted molar refractivity (Wildman–Crippen MR) is 74.6 cm³/mol. The van der Waals surface area contributed by atoms with Crippen LogP contribution in [-0.4, -0.2) is 55.4 Å². The van der Waals surface area contributed by atoms with Crippen LogP contribution >= 0.6 is 0 Å². The minimum absolute atomic E-state index is 0.312. The lowest BCUT2D eigenvalue weighted by Crippen LogP contribution is -2.43. The molecule has 0 unspecified atom stereocenters. The Hall–Kier alpha value is -1.40. The summed E-state index contributed by atoms with van der Waals surface area (Å²) >= 11 is 0. The summed E-state index contributed by atoms with van der Waals surface area (Å²) in [6.45, 7) is 5.72. The zero-order chi connectivity index (χ0) is 12.9. The van der Waals surface area contributed by atoms with Crippen LogP contribution in [0.15, 0.2) is 12.3 Å². The van der Waals surface area contributed by atoms with E-state index in [1.54, 1.807) is 0 Å². The Morgan fingerprint density at radius 1 is 1.42 bits per heavy atom. The molecule has 2 fully saturated rings. The number of aromatic nitrogens is 2. The average molecular weight is 263 g/mol. The Kier molecular flexibility index (Phi) is 4.10. The maximum Gasteiger partial charge on any atom is 0.224 e. The van der Waals surface area contributed by atoms with E-state index >= 15 is 0 Å². The number of nitrogens with zero attached hydrogens (tertiary/aromatic N) is 3. The highest BCUT2D eigenvalue weighted by atomic mass is 16.5. The zero-order valence-electron chi connectivity index (χ0n) is 11.1. The van der Waals surface area contributed by atoms with Crippen LogP contribution in [0.3, 0.4) is 0 Å². The number of piperazine rings is 1. The molecule has 0 bridgehead atoms. The summed E-state index contributed by atoms with van der Waals surface area (Å²) in [5.74, 6) is 1.71. The van der Waals surface area contributed by atoms with Gasteiger partial charge >= 0.3 is 0 Å². The Balaban J connectivity index is 1.58. The molecule has 2 saturated heterocycles. The molecular weight excluding hydrogens is 242 g/mol. The molecule has 0 spiro atoms. The minimum Gasteiger partial charge on any atom is -0.376 e. The van der Waals surface area contributed by atoms with Gasteiger partial charge in [0.25, 0.3) is 0 Å². The van der Waals surface area contributed by atoms with Crippen molar-refractivity contribution in [2.45, 2.75) is 18.9 Å². The maximum absolute atomic E-state index is 5.58. The van der Waals surface area contributed by atoms with Gasteiger partial charge in [-0.15, -0.1) is 0 Å². The van der Waals surface area contributed by atoms with E-state index in [4.69, 9.17) is 4.74 Å². The largest absolute Gasteiger partial charge is 0.376 e. The Bertz CT molecular complexity index is 402. The highest BCUT2D eigenvalue weighted by Crippen LogP contribution is 2.15. The summed E-state index contributed by atoms with van der Waals surface area (Å²) in [7, 11) is 0. The van der Waals surface area contributed by atoms with Crippen LogP contribution in [0.1, 0.15) is 12.8 Å². The Morgan fingerprint density at radius 2 is 2.32 bits per heavy atom. The second-order valence-electron chi connectivity index (χ2n) is 4.99. The van der Waals surface area contributed by atoms with Crippen molar-refractivity contribution in [3.8, 4) is 0 Å². The third-order valence-electron chi connectivity index (χ3n) is 3.59. The molecule has 1 aromatic heterocycles. The van der Waals surface area contributed by atoms with E-state index in [0.717, 1.165) is 58.0 Å². The van der Waals surface area contributed by atoms with E-state index in [-0.39, 0.29) is 0 Å². The molecule has 0 amide bonds. The lowest BCUT2D eigenvalue weighted by atomic mass is 10.2. The molecule has 1 atom stereocenters. The fraction of sp³-hybridized carbons (Fsp3) is 0.692. The van der Waals surface area contributed by atoms with Crippen molar-refractivity contribution in [3.63, 3.8) is 0 Å². The molecule has 6 nitrogen and oxygen atoms in total. The van der Waals surface area contributed by atoms with Gasteiger partial charge in [-0.05, 0) is 18.9 Å². The van der Waals surface area contributed by atoms with Gasteiger partial charge in [0.1, 0.15) is 5.82 Å². The van der Waals surface area contributed by atoms with Crippen LogP contribution in [0.25, 0.3) is 0 Å². The first kappa shape index (κ1) is 12.6. The van der Waals surface area contributed by atoms with Crippen LogP contribution in [0, 0.1) is 0 Å². The number of nitrogens with one attached hydrogen (secondary N) is 2. The van der Waals surface area contributed by atoms with E-state index in [2.05, 4.69) is 25.5 Å². The second-order valence-corrected chi connectivity index (χ2v) is 4.99. The van der Waals surface area contributed by atoms with E-state index in [9.17, 15) is 0 Å². The first-order chi connectivity index (χ1) is 9.42. The Morgan fingerprint density at radius 3 is 3.11 bits per heavy atom. The summed E-state index contributed by atoms with van der Waals surface area (Å²) < 4.78 is 5.58. The fourth-order valence-corrected chi connectivity index (χ4v) is 2.51. The van der Waals surface area contributed by atoms with Gasteiger partial charge < -0.3 is 20.3 Å². The highest BCUT2D eigenvalue weighted by Gasteiger charge is 2.16. The lowest BCUT2D eigenvalue weighted by molar-refractivity contribution is 0.120. The van der Waals surface area contributed by atoms with E-state index < -0.39 is 0 Å². The molecular formula is C13H21N5O. The molecule has 1 aromatic rings. The first-order valence-corrected chi connectivity index (χ1v) is 7.06. The van der Waals surface area contributed by atoms with Crippen LogP contribution < -0.4 is 15.5 Å².